The number of aromatic amines is 1. The van der Waals surface area contributed by atoms with Crippen molar-refractivity contribution in [3.63, 3.8) is 0 Å². The molecule has 0 unspecified atom stereocenters. The molecule has 0 saturated heterocycles. The van der Waals surface area contributed by atoms with Gasteiger partial charge in [0.25, 0.3) is 0 Å². The van der Waals surface area contributed by atoms with Gasteiger partial charge in [0.05, 0.1) is 23.3 Å². The number of urea groups is 1. The standard InChI is InChI=1S/C11H10F2N4O/c1-6-10(5-14-17-6)16-11(18)15-9-3-2-7(12)4-8(9)13/h2-5H,1H3,(H,14,17)(H2,15,16,18). The number of amides is 2. The molecule has 2 aromatic rings. The van der Waals surface area contributed by atoms with Gasteiger partial charge in [0, 0.05) is 6.07 Å². The number of anilines is 2. The Hall–Kier alpha value is -2.44. The first-order valence-electron chi connectivity index (χ1n) is 5.09. The second-order valence-corrected chi connectivity index (χ2v) is 3.61. The summed E-state index contributed by atoms with van der Waals surface area (Å²) in [7, 11) is 0. The van der Waals surface area contributed by atoms with E-state index in [1.807, 2.05) is 0 Å². The van der Waals surface area contributed by atoms with E-state index in [9.17, 15) is 13.6 Å². The lowest BCUT2D eigenvalue weighted by Crippen LogP contribution is -2.20. The van der Waals surface area contributed by atoms with Crippen LogP contribution in [0.4, 0.5) is 25.0 Å². The average molecular weight is 252 g/mol. The molecular weight excluding hydrogens is 242 g/mol. The summed E-state index contributed by atoms with van der Waals surface area (Å²) in [5, 5.41) is 11.1. The highest BCUT2D eigenvalue weighted by Crippen LogP contribution is 2.16. The molecule has 1 aromatic carbocycles. The number of aryl methyl sites for hydroxylation is 1. The highest BCUT2D eigenvalue weighted by molar-refractivity contribution is 6.00. The highest BCUT2D eigenvalue weighted by atomic mass is 19.1. The summed E-state index contributed by atoms with van der Waals surface area (Å²) in [5.74, 6) is -1.54. The van der Waals surface area contributed by atoms with Crippen LogP contribution in [0.25, 0.3) is 0 Å². The Morgan fingerprint density at radius 3 is 2.61 bits per heavy atom. The summed E-state index contributed by atoms with van der Waals surface area (Å²) in [6.07, 6.45) is 1.43. The number of nitrogens with zero attached hydrogens (tertiary/aromatic N) is 1. The first-order chi connectivity index (χ1) is 8.56. The second-order valence-electron chi connectivity index (χ2n) is 3.61. The van der Waals surface area contributed by atoms with E-state index in [2.05, 4.69) is 20.8 Å². The van der Waals surface area contributed by atoms with E-state index in [0.29, 0.717) is 17.4 Å². The molecule has 18 heavy (non-hydrogen) atoms. The van der Waals surface area contributed by atoms with Gasteiger partial charge in [-0.1, -0.05) is 0 Å². The van der Waals surface area contributed by atoms with Crippen LogP contribution >= 0.6 is 0 Å². The van der Waals surface area contributed by atoms with E-state index in [-0.39, 0.29) is 5.69 Å². The van der Waals surface area contributed by atoms with Crippen LogP contribution in [-0.2, 0) is 0 Å². The van der Waals surface area contributed by atoms with Gasteiger partial charge >= 0.3 is 6.03 Å². The van der Waals surface area contributed by atoms with Crippen molar-refractivity contribution < 1.29 is 13.6 Å². The third kappa shape index (κ3) is 2.62. The van der Waals surface area contributed by atoms with Gasteiger partial charge in [-0.15, -0.1) is 0 Å². The fourth-order valence-electron chi connectivity index (χ4n) is 1.34. The molecule has 0 radical (unpaired) electrons. The molecule has 0 spiro atoms. The average Bonchev–Trinajstić information content (AvgIpc) is 2.69. The SMILES string of the molecule is Cc1[nH]ncc1NC(=O)Nc1ccc(F)cc1F. The molecule has 0 saturated carbocycles. The Bertz CT molecular complexity index is 582. The minimum atomic E-state index is -0.839. The minimum Gasteiger partial charge on any atom is -0.305 e. The summed E-state index contributed by atoms with van der Waals surface area (Å²) in [5.41, 5.74) is 1.05. The van der Waals surface area contributed by atoms with Gasteiger partial charge in [0.2, 0.25) is 0 Å². The summed E-state index contributed by atoms with van der Waals surface area (Å²) in [6.45, 7) is 1.72. The third-order valence-corrected chi connectivity index (χ3v) is 2.26. The van der Waals surface area contributed by atoms with Crippen LogP contribution < -0.4 is 10.6 Å². The van der Waals surface area contributed by atoms with Gasteiger partial charge in [0.15, 0.2) is 0 Å². The van der Waals surface area contributed by atoms with Crippen molar-refractivity contribution in [1.29, 1.82) is 0 Å². The van der Waals surface area contributed by atoms with Gasteiger partial charge in [-0.2, -0.15) is 5.10 Å². The van der Waals surface area contributed by atoms with Gasteiger partial charge in [-0.25, -0.2) is 13.6 Å². The smallest absolute Gasteiger partial charge is 0.305 e. The number of carbonyl (C=O) groups is 1. The first-order valence-corrected chi connectivity index (χ1v) is 5.09. The van der Waals surface area contributed by atoms with E-state index >= 15 is 0 Å². The Labute approximate surface area is 101 Å². The van der Waals surface area contributed by atoms with Crippen molar-refractivity contribution in [2.75, 3.05) is 10.6 Å². The van der Waals surface area contributed by atoms with Crippen LogP contribution in [0.3, 0.4) is 0 Å². The monoisotopic (exact) mass is 252 g/mol. The summed E-state index contributed by atoms with van der Waals surface area (Å²) >= 11 is 0. The largest absolute Gasteiger partial charge is 0.323 e. The Morgan fingerprint density at radius 1 is 1.28 bits per heavy atom. The summed E-state index contributed by atoms with van der Waals surface area (Å²) in [6, 6.07) is 2.26. The van der Waals surface area contributed by atoms with Gasteiger partial charge in [0.1, 0.15) is 11.6 Å². The Morgan fingerprint density at radius 2 is 2.00 bits per heavy atom. The first kappa shape index (κ1) is 12.0. The van der Waals surface area contributed by atoms with Crippen LogP contribution in [0.5, 0.6) is 0 Å². The van der Waals surface area contributed by atoms with E-state index in [1.165, 1.54) is 6.20 Å². The summed E-state index contributed by atoms with van der Waals surface area (Å²) in [4.78, 5) is 11.5. The predicted molar refractivity (Wildman–Crippen MR) is 62.3 cm³/mol. The van der Waals surface area contributed by atoms with Gasteiger partial charge in [-0.3, -0.25) is 5.10 Å². The molecule has 1 heterocycles. The molecule has 2 rings (SSSR count). The van der Waals surface area contributed by atoms with Crippen molar-refractivity contribution in [2.45, 2.75) is 6.92 Å². The number of halogens is 2. The molecule has 7 heteroatoms. The number of hydrogen-bond acceptors (Lipinski definition) is 2. The van der Waals surface area contributed by atoms with E-state index in [4.69, 9.17) is 0 Å². The molecule has 2 amide bonds. The van der Waals surface area contributed by atoms with Crippen molar-refractivity contribution in [3.05, 3.63) is 41.7 Å². The number of H-pyrrole nitrogens is 1. The molecule has 1 aromatic heterocycles. The lowest BCUT2D eigenvalue weighted by atomic mass is 10.3. The second kappa shape index (κ2) is 4.82. The number of hydrogen-bond donors (Lipinski definition) is 3. The Balaban J connectivity index is 2.05. The van der Waals surface area contributed by atoms with Crippen molar-refractivity contribution >= 4 is 17.4 Å². The molecule has 0 aliphatic heterocycles. The van der Waals surface area contributed by atoms with E-state index in [0.717, 1.165) is 12.1 Å². The topological polar surface area (TPSA) is 69.8 Å². The molecule has 0 fully saturated rings. The maximum Gasteiger partial charge on any atom is 0.323 e. The maximum atomic E-state index is 13.3. The summed E-state index contributed by atoms with van der Waals surface area (Å²) < 4.78 is 25.9. The molecule has 0 atom stereocenters. The molecule has 0 bridgehead atoms. The lowest BCUT2D eigenvalue weighted by molar-refractivity contribution is 0.262. The van der Waals surface area contributed by atoms with Crippen molar-refractivity contribution in [2.24, 2.45) is 0 Å². The molecule has 5 nitrogen and oxygen atoms in total. The number of benzene rings is 1. The van der Waals surface area contributed by atoms with Crippen LogP contribution in [-0.4, -0.2) is 16.2 Å². The van der Waals surface area contributed by atoms with Crippen LogP contribution in [0, 0.1) is 18.6 Å². The maximum absolute atomic E-state index is 13.3. The molecule has 3 N–H and O–H groups in total. The molecular formula is C11H10F2N4O. The quantitative estimate of drug-likeness (QED) is 0.769. The van der Waals surface area contributed by atoms with Gasteiger partial charge < -0.3 is 10.6 Å². The zero-order chi connectivity index (χ0) is 13.1. The zero-order valence-electron chi connectivity index (χ0n) is 9.42. The van der Waals surface area contributed by atoms with Crippen LogP contribution in [0.15, 0.2) is 24.4 Å². The molecule has 0 aliphatic rings. The number of carbonyl (C=O) groups excluding carboxylic acids is 1. The highest BCUT2D eigenvalue weighted by Gasteiger charge is 2.09. The molecule has 94 valence electrons. The zero-order valence-corrected chi connectivity index (χ0v) is 9.42. The van der Waals surface area contributed by atoms with Crippen LogP contribution in [0.2, 0.25) is 0 Å². The third-order valence-electron chi connectivity index (χ3n) is 2.26. The predicted octanol–water partition coefficient (Wildman–Crippen LogP) is 2.64. The fraction of sp³-hybridized carbons (Fsp3) is 0.0909. The number of rotatable bonds is 2. The Kier molecular flexibility index (Phi) is 3.22. The fourth-order valence-corrected chi connectivity index (χ4v) is 1.34. The normalized spacial score (nSPS) is 10.2. The van der Waals surface area contributed by atoms with Gasteiger partial charge in [-0.05, 0) is 19.1 Å². The number of aromatic nitrogens is 2. The number of nitrogens with one attached hydrogen (secondary N) is 3. The molecule has 0 aliphatic carbocycles. The van der Waals surface area contributed by atoms with E-state index in [1.54, 1.807) is 6.92 Å². The van der Waals surface area contributed by atoms with E-state index < -0.39 is 17.7 Å². The van der Waals surface area contributed by atoms with Crippen molar-refractivity contribution in [3.8, 4) is 0 Å². The lowest BCUT2D eigenvalue weighted by Gasteiger charge is -2.07. The van der Waals surface area contributed by atoms with Crippen molar-refractivity contribution in [1.82, 2.24) is 10.2 Å². The minimum absolute atomic E-state index is 0.102. The van der Waals surface area contributed by atoms with Crippen LogP contribution in [0.1, 0.15) is 5.69 Å².